The fraction of sp³-hybridized carbons (Fsp3) is 0.172. The molecule has 0 radical (unpaired) electrons. The Labute approximate surface area is 208 Å². The number of rotatable bonds is 5. The Kier molecular flexibility index (Phi) is 5.06. The van der Waals surface area contributed by atoms with Crippen LogP contribution in [0.2, 0.25) is 0 Å². The fourth-order valence-corrected chi connectivity index (χ4v) is 5.21. The summed E-state index contributed by atoms with van der Waals surface area (Å²) in [6.45, 7) is 3.31. The summed E-state index contributed by atoms with van der Waals surface area (Å²) in [5, 5.41) is 8.84. The van der Waals surface area contributed by atoms with Gasteiger partial charge in [-0.25, -0.2) is 4.98 Å². The minimum atomic E-state index is 0.746. The van der Waals surface area contributed by atoms with Crippen molar-refractivity contribution in [3.05, 3.63) is 84.9 Å². The van der Waals surface area contributed by atoms with E-state index in [1.54, 1.807) is 12.4 Å². The SMILES string of the molecule is c1cc(-c2ccncc2)c2nc(-c3n[nH]c4ccc(-c5cncc(CN6CCCC6)c5)cc34)[nH]c2c1. The highest BCUT2D eigenvalue weighted by Crippen LogP contribution is 2.33. The van der Waals surface area contributed by atoms with Gasteiger partial charge in [0.1, 0.15) is 5.69 Å². The molecule has 176 valence electrons. The molecule has 5 heterocycles. The first kappa shape index (κ1) is 21.0. The molecule has 2 N–H and O–H groups in total. The summed E-state index contributed by atoms with van der Waals surface area (Å²) in [6.07, 6.45) is 10.1. The van der Waals surface area contributed by atoms with Gasteiger partial charge in [-0.1, -0.05) is 18.2 Å². The van der Waals surface area contributed by atoms with E-state index in [0.717, 1.165) is 62.3 Å². The lowest BCUT2D eigenvalue weighted by atomic mass is 10.0. The fourth-order valence-electron chi connectivity index (χ4n) is 5.21. The molecular weight excluding hydrogens is 446 g/mol. The maximum atomic E-state index is 4.98. The van der Waals surface area contributed by atoms with Gasteiger partial charge in [-0.15, -0.1) is 0 Å². The lowest BCUT2D eigenvalue weighted by Gasteiger charge is -2.14. The number of H-pyrrole nitrogens is 2. The molecule has 1 fully saturated rings. The molecule has 1 aliphatic heterocycles. The third kappa shape index (κ3) is 3.74. The molecule has 0 aliphatic carbocycles. The number of hydrogen-bond acceptors (Lipinski definition) is 5. The molecule has 6 aromatic rings. The number of para-hydroxylation sites is 1. The van der Waals surface area contributed by atoms with Crippen LogP contribution in [0.5, 0.6) is 0 Å². The van der Waals surface area contributed by atoms with E-state index in [-0.39, 0.29) is 0 Å². The van der Waals surface area contributed by atoms with E-state index in [0.29, 0.717) is 0 Å². The highest BCUT2D eigenvalue weighted by molar-refractivity contribution is 5.98. The van der Waals surface area contributed by atoms with Crippen LogP contribution < -0.4 is 0 Å². The van der Waals surface area contributed by atoms with E-state index < -0.39 is 0 Å². The molecule has 1 saturated heterocycles. The zero-order valence-electron chi connectivity index (χ0n) is 19.8. The van der Waals surface area contributed by atoms with Gasteiger partial charge in [0.05, 0.1) is 16.6 Å². The standard InChI is InChI=1S/C29H25N7/c1-2-13-36(12-1)18-19-14-22(17-31-16-19)21-6-7-25-24(15-21)28(35-34-25)29-32-26-5-3-4-23(27(26)33-29)20-8-10-30-11-9-20/h3-11,14-17H,1-2,12-13,18H2,(H,32,33)(H,34,35). The smallest absolute Gasteiger partial charge is 0.159 e. The normalized spacial score (nSPS) is 14.2. The number of aromatic amines is 2. The molecule has 0 spiro atoms. The van der Waals surface area contributed by atoms with Gasteiger partial charge in [0.25, 0.3) is 0 Å². The molecule has 1 aliphatic rings. The molecule has 7 heteroatoms. The quantitative estimate of drug-likeness (QED) is 0.331. The Hall–Kier alpha value is -4.36. The number of nitrogens with zero attached hydrogens (tertiary/aromatic N) is 5. The van der Waals surface area contributed by atoms with Crippen LogP contribution in [-0.4, -0.2) is 48.1 Å². The van der Waals surface area contributed by atoms with Crippen LogP contribution in [0.1, 0.15) is 18.4 Å². The maximum absolute atomic E-state index is 4.98. The second kappa shape index (κ2) is 8.70. The van der Waals surface area contributed by atoms with Crippen LogP contribution in [0.25, 0.3) is 55.7 Å². The molecule has 0 amide bonds. The molecule has 0 saturated carbocycles. The van der Waals surface area contributed by atoms with Gasteiger partial charge in [-0.3, -0.25) is 20.0 Å². The van der Waals surface area contributed by atoms with Crippen molar-refractivity contribution in [2.24, 2.45) is 0 Å². The molecule has 0 bridgehead atoms. The summed E-state index contributed by atoms with van der Waals surface area (Å²) in [5.74, 6) is 0.746. The number of imidazole rings is 1. The van der Waals surface area contributed by atoms with Crippen molar-refractivity contribution < 1.29 is 0 Å². The molecule has 4 aromatic heterocycles. The number of benzene rings is 2. The van der Waals surface area contributed by atoms with Gasteiger partial charge in [0.15, 0.2) is 5.82 Å². The Morgan fingerprint density at radius 2 is 1.69 bits per heavy atom. The summed E-state index contributed by atoms with van der Waals surface area (Å²) < 4.78 is 0. The van der Waals surface area contributed by atoms with E-state index in [4.69, 9.17) is 4.98 Å². The third-order valence-corrected chi connectivity index (χ3v) is 7.02. The number of aromatic nitrogens is 6. The second-order valence-corrected chi connectivity index (χ2v) is 9.42. The van der Waals surface area contributed by atoms with E-state index >= 15 is 0 Å². The van der Waals surface area contributed by atoms with Crippen LogP contribution in [0, 0.1) is 0 Å². The predicted octanol–water partition coefficient (Wildman–Crippen LogP) is 5.83. The van der Waals surface area contributed by atoms with E-state index in [1.807, 2.05) is 36.7 Å². The molecule has 0 unspecified atom stereocenters. The second-order valence-electron chi connectivity index (χ2n) is 9.42. The topological polar surface area (TPSA) is 86.4 Å². The van der Waals surface area contributed by atoms with Gasteiger partial charge in [-0.05, 0) is 79.0 Å². The van der Waals surface area contributed by atoms with Crippen LogP contribution >= 0.6 is 0 Å². The largest absolute Gasteiger partial charge is 0.337 e. The van der Waals surface area contributed by atoms with Crippen LogP contribution in [0.3, 0.4) is 0 Å². The van der Waals surface area contributed by atoms with Crippen molar-refractivity contribution in [3.8, 4) is 33.8 Å². The Morgan fingerprint density at radius 1 is 0.806 bits per heavy atom. The van der Waals surface area contributed by atoms with Crippen LogP contribution in [0.15, 0.2) is 79.4 Å². The minimum absolute atomic E-state index is 0.746. The minimum Gasteiger partial charge on any atom is -0.337 e. The number of likely N-dealkylation sites (tertiary alicyclic amines) is 1. The summed E-state index contributed by atoms with van der Waals surface area (Å²) in [7, 11) is 0. The predicted molar refractivity (Wildman–Crippen MR) is 142 cm³/mol. The summed E-state index contributed by atoms with van der Waals surface area (Å²) in [4.78, 5) is 19.7. The van der Waals surface area contributed by atoms with Crippen molar-refractivity contribution in [1.82, 2.24) is 35.0 Å². The van der Waals surface area contributed by atoms with E-state index in [2.05, 4.69) is 60.4 Å². The van der Waals surface area contributed by atoms with Crippen molar-refractivity contribution in [3.63, 3.8) is 0 Å². The highest BCUT2D eigenvalue weighted by Gasteiger charge is 2.16. The Bertz CT molecular complexity index is 1680. The molecular formula is C29H25N7. The van der Waals surface area contributed by atoms with Crippen molar-refractivity contribution >= 4 is 21.9 Å². The van der Waals surface area contributed by atoms with Gasteiger partial charge < -0.3 is 4.98 Å². The average Bonchev–Trinajstić information content (AvgIpc) is 3.68. The van der Waals surface area contributed by atoms with Crippen LogP contribution in [-0.2, 0) is 6.54 Å². The number of pyridine rings is 2. The number of nitrogens with one attached hydrogen (secondary N) is 2. The van der Waals surface area contributed by atoms with Crippen molar-refractivity contribution in [2.75, 3.05) is 13.1 Å². The lowest BCUT2D eigenvalue weighted by Crippen LogP contribution is -2.18. The number of hydrogen-bond donors (Lipinski definition) is 2. The average molecular weight is 472 g/mol. The van der Waals surface area contributed by atoms with Gasteiger partial charge in [0, 0.05) is 47.8 Å². The molecule has 0 atom stereocenters. The zero-order chi connectivity index (χ0) is 23.9. The first-order valence-electron chi connectivity index (χ1n) is 12.4. The van der Waals surface area contributed by atoms with Crippen LogP contribution in [0.4, 0.5) is 0 Å². The molecule has 7 nitrogen and oxygen atoms in total. The maximum Gasteiger partial charge on any atom is 0.159 e. The summed E-state index contributed by atoms with van der Waals surface area (Å²) in [6, 6.07) is 18.8. The highest BCUT2D eigenvalue weighted by atomic mass is 15.1. The molecule has 36 heavy (non-hydrogen) atoms. The van der Waals surface area contributed by atoms with Gasteiger partial charge in [-0.2, -0.15) is 5.10 Å². The van der Waals surface area contributed by atoms with Crippen molar-refractivity contribution in [1.29, 1.82) is 0 Å². The van der Waals surface area contributed by atoms with E-state index in [9.17, 15) is 0 Å². The first-order chi connectivity index (χ1) is 17.8. The summed E-state index contributed by atoms with van der Waals surface area (Å²) in [5.41, 5.74) is 9.33. The number of fused-ring (bicyclic) bond motifs is 2. The van der Waals surface area contributed by atoms with E-state index in [1.165, 1.54) is 31.5 Å². The lowest BCUT2D eigenvalue weighted by molar-refractivity contribution is 0.331. The van der Waals surface area contributed by atoms with Gasteiger partial charge in [0.2, 0.25) is 0 Å². The Morgan fingerprint density at radius 3 is 2.58 bits per heavy atom. The third-order valence-electron chi connectivity index (χ3n) is 7.02. The zero-order valence-corrected chi connectivity index (χ0v) is 19.8. The molecule has 7 rings (SSSR count). The van der Waals surface area contributed by atoms with Gasteiger partial charge >= 0.3 is 0 Å². The monoisotopic (exact) mass is 471 g/mol. The summed E-state index contributed by atoms with van der Waals surface area (Å²) >= 11 is 0. The van der Waals surface area contributed by atoms with Crippen molar-refractivity contribution in [2.45, 2.75) is 19.4 Å². The molecule has 2 aromatic carbocycles. The first-order valence-corrected chi connectivity index (χ1v) is 12.4. The Balaban J connectivity index is 1.28.